The van der Waals surface area contributed by atoms with Gasteiger partial charge in [0.2, 0.25) is 0 Å². The number of benzene rings is 1. The van der Waals surface area contributed by atoms with Crippen molar-refractivity contribution in [1.29, 1.82) is 0 Å². The summed E-state index contributed by atoms with van der Waals surface area (Å²) in [5.41, 5.74) is 3.32. The monoisotopic (exact) mass is 303 g/mol. The lowest BCUT2D eigenvalue weighted by Crippen LogP contribution is -2.18. The van der Waals surface area contributed by atoms with Gasteiger partial charge in [0.1, 0.15) is 12.3 Å². The predicted octanol–water partition coefficient (Wildman–Crippen LogP) is 3.40. The van der Waals surface area contributed by atoms with Crippen LogP contribution in [0.25, 0.3) is 0 Å². The minimum absolute atomic E-state index is 0.0981. The number of rotatable bonds is 6. The van der Waals surface area contributed by atoms with Crippen molar-refractivity contribution in [3.05, 3.63) is 59.8 Å². The average molecular weight is 303 g/mol. The van der Waals surface area contributed by atoms with Gasteiger partial charge >= 0.3 is 5.97 Å². The first-order chi connectivity index (χ1) is 9.83. The minimum Gasteiger partial charge on any atom is -0.455 e. The van der Waals surface area contributed by atoms with Crippen molar-refractivity contribution in [3.63, 3.8) is 0 Å². The molecule has 0 amide bonds. The quantitative estimate of drug-likeness (QED) is 0.167. The molecule has 0 aliphatic heterocycles. The smallest absolute Gasteiger partial charge is 0.337 e. The molecule has 0 fully saturated rings. The fraction of sp³-hybridized carbons (Fsp3) is 0.250. The van der Waals surface area contributed by atoms with Gasteiger partial charge in [-0.2, -0.15) is 0 Å². The SMILES string of the molecule is C=C(/C=C/[Si](C)(C)C)C(=O)OC/C(=N\O)c1ccccc1. The van der Waals surface area contributed by atoms with E-state index in [9.17, 15) is 4.79 Å². The van der Waals surface area contributed by atoms with Crippen LogP contribution in [-0.2, 0) is 9.53 Å². The highest BCUT2D eigenvalue weighted by Gasteiger charge is 2.12. The van der Waals surface area contributed by atoms with Gasteiger partial charge in [0.05, 0.1) is 13.6 Å². The lowest BCUT2D eigenvalue weighted by atomic mass is 10.1. The second kappa shape index (κ2) is 7.59. The van der Waals surface area contributed by atoms with Crippen molar-refractivity contribution in [2.24, 2.45) is 5.16 Å². The van der Waals surface area contributed by atoms with Gasteiger partial charge in [-0.05, 0) is 0 Å². The van der Waals surface area contributed by atoms with E-state index in [1.165, 1.54) is 0 Å². The standard InChI is InChI=1S/C16H21NO3Si/c1-13(10-11-21(2,3)4)16(18)20-12-15(17-19)14-8-6-5-7-9-14/h5-11,19H,1,12H2,2-4H3/b11-10+,17-15+. The van der Waals surface area contributed by atoms with Gasteiger partial charge < -0.3 is 9.94 Å². The van der Waals surface area contributed by atoms with Gasteiger partial charge in [0.15, 0.2) is 0 Å². The van der Waals surface area contributed by atoms with Crippen LogP contribution in [0.3, 0.4) is 0 Å². The Hall–Kier alpha value is -2.14. The summed E-state index contributed by atoms with van der Waals surface area (Å²) in [5, 5.41) is 12.2. The lowest BCUT2D eigenvalue weighted by molar-refractivity contribution is -0.136. The van der Waals surface area contributed by atoms with Crippen LogP contribution in [0.15, 0.2) is 59.4 Å². The van der Waals surface area contributed by atoms with Crippen LogP contribution in [-0.4, -0.2) is 31.6 Å². The molecule has 0 aliphatic carbocycles. The Balaban J connectivity index is 2.60. The van der Waals surface area contributed by atoms with Gasteiger partial charge in [-0.1, -0.05) is 73.5 Å². The van der Waals surface area contributed by atoms with Gasteiger partial charge in [0.25, 0.3) is 0 Å². The highest BCUT2D eigenvalue weighted by molar-refractivity contribution is 6.81. The molecule has 0 saturated heterocycles. The Morgan fingerprint density at radius 2 is 1.95 bits per heavy atom. The summed E-state index contributed by atoms with van der Waals surface area (Å²) in [6, 6.07) is 9.05. The zero-order valence-corrected chi connectivity index (χ0v) is 13.7. The number of carbonyl (C=O) groups is 1. The molecule has 0 aromatic heterocycles. The number of carbonyl (C=O) groups excluding carboxylic acids is 1. The summed E-state index contributed by atoms with van der Waals surface area (Å²) in [6.07, 6.45) is 1.70. The van der Waals surface area contributed by atoms with Crippen molar-refractivity contribution in [1.82, 2.24) is 0 Å². The molecule has 0 spiro atoms. The van der Waals surface area contributed by atoms with E-state index in [-0.39, 0.29) is 6.61 Å². The number of oxime groups is 1. The zero-order valence-electron chi connectivity index (χ0n) is 12.7. The van der Waals surface area contributed by atoms with Gasteiger partial charge in [0, 0.05) is 5.56 Å². The molecular formula is C16H21NO3Si. The Morgan fingerprint density at radius 3 is 2.48 bits per heavy atom. The summed E-state index contributed by atoms with van der Waals surface area (Å²) in [5.74, 6) is -0.512. The first kappa shape index (κ1) is 16.9. The van der Waals surface area contributed by atoms with E-state index >= 15 is 0 Å². The van der Waals surface area contributed by atoms with Crippen LogP contribution in [0, 0.1) is 0 Å². The van der Waals surface area contributed by atoms with Gasteiger partial charge in [-0.3, -0.25) is 0 Å². The van der Waals surface area contributed by atoms with Crippen molar-refractivity contribution < 1.29 is 14.7 Å². The Kier molecular flexibility index (Phi) is 6.11. The van der Waals surface area contributed by atoms with Crippen LogP contribution >= 0.6 is 0 Å². The third-order valence-electron chi connectivity index (χ3n) is 2.61. The van der Waals surface area contributed by atoms with E-state index < -0.39 is 14.0 Å². The summed E-state index contributed by atoms with van der Waals surface area (Å²) in [7, 11) is -1.38. The highest BCUT2D eigenvalue weighted by Crippen LogP contribution is 2.07. The number of hydrogen-bond donors (Lipinski definition) is 1. The number of ether oxygens (including phenoxy) is 1. The summed E-state index contributed by atoms with van der Waals surface area (Å²) >= 11 is 0. The summed E-state index contributed by atoms with van der Waals surface area (Å²) in [6.45, 7) is 10.1. The number of nitrogens with zero attached hydrogens (tertiary/aromatic N) is 1. The molecule has 0 aliphatic rings. The van der Waals surface area contributed by atoms with E-state index in [1.807, 2.05) is 23.9 Å². The Bertz CT molecular complexity index is 557. The van der Waals surface area contributed by atoms with E-state index in [0.717, 1.165) is 0 Å². The van der Waals surface area contributed by atoms with Crippen molar-refractivity contribution in [2.75, 3.05) is 6.61 Å². The average Bonchev–Trinajstić information content (AvgIpc) is 2.45. The molecular weight excluding hydrogens is 282 g/mol. The van der Waals surface area contributed by atoms with Gasteiger partial charge in [-0.15, -0.1) is 0 Å². The molecule has 1 aromatic carbocycles. The van der Waals surface area contributed by atoms with E-state index in [1.54, 1.807) is 18.2 Å². The largest absolute Gasteiger partial charge is 0.455 e. The zero-order chi connectivity index (χ0) is 15.9. The maximum atomic E-state index is 11.8. The third kappa shape index (κ3) is 6.22. The first-order valence-electron chi connectivity index (χ1n) is 6.65. The van der Waals surface area contributed by atoms with Crippen LogP contribution in [0.5, 0.6) is 0 Å². The van der Waals surface area contributed by atoms with Crippen LogP contribution in [0.2, 0.25) is 19.6 Å². The normalized spacial score (nSPS) is 12.4. The lowest BCUT2D eigenvalue weighted by Gasteiger charge is -2.09. The molecule has 0 unspecified atom stereocenters. The Morgan fingerprint density at radius 1 is 1.33 bits per heavy atom. The molecule has 0 atom stereocenters. The molecule has 1 N–H and O–H groups in total. The molecule has 1 aromatic rings. The van der Waals surface area contributed by atoms with Crippen LogP contribution in [0.1, 0.15) is 5.56 Å². The number of esters is 1. The summed E-state index contributed by atoms with van der Waals surface area (Å²) in [4.78, 5) is 11.8. The van der Waals surface area contributed by atoms with Crippen molar-refractivity contribution >= 4 is 19.8 Å². The van der Waals surface area contributed by atoms with E-state index in [4.69, 9.17) is 9.94 Å². The molecule has 4 nitrogen and oxygen atoms in total. The Labute approximate surface area is 126 Å². The molecule has 112 valence electrons. The molecule has 0 heterocycles. The molecule has 0 saturated carbocycles. The predicted molar refractivity (Wildman–Crippen MR) is 87.4 cm³/mol. The van der Waals surface area contributed by atoms with Crippen molar-refractivity contribution in [3.8, 4) is 0 Å². The summed E-state index contributed by atoms with van der Waals surface area (Å²) < 4.78 is 5.11. The molecule has 5 heteroatoms. The van der Waals surface area contributed by atoms with Crippen molar-refractivity contribution in [2.45, 2.75) is 19.6 Å². The van der Waals surface area contributed by atoms with Crippen LogP contribution < -0.4 is 0 Å². The van der Waals surface area contributed by atoms with E-state index in [2.05, 4.69) is 31.4 Å². The first-order valence-corrected chi connectivity index (χ1v) is 10.2. The minimum atomic E-state index is -1.38. The second-order valence-electron chi connectivity index (χ2n) is 5.71. The highest BCUT2D eigenvalue weighted by atomic mass is 28.3. The fourth-order valence-corrected chi connectivity index (χ4v) is 2.15. The molecule has 21 heavy (non-hydrogen) atoms. The topological polar surface area (TPSA) is 58.9 Å². The molecule has 0 bridgehead atoms. The molecule has 1 rings (SSSR count). The fourth-order valence-electron chi connectivity index (χ4n) is 1.45. The third-order valence-corrected chi connectivity index (χ3v) is 3.78. The van der Waals surface area contributed by atoms with Crippen LogP contribution in [0.4, 0.5) is 0 Å². The second-order valence-corrected chi connectivity index (χ2v) is 10.8. The van der Waals surface area contributed by atoms with E-state index in [0.29, 0.717) is 16.8 Å². The van der Waals surface area contributed by atoms with Gasteiger partial charge in [-0.25, -0.2) is 4.79 Å². The maximum Gasteiger partial charge on any atom is 0.337 e. The molecule has 0 radical (unpaired) electrons. The maximum absolute atomic E-state index is 11.8. The number of hydrogen-bond acceptors (Lipinski definition) is 4.